The van der Waals surface area contributed by atoms with Crippen molar-refractivity contribution in [1.29, 1.82) is 0 Å². The number of ketones is 1. The van der Waals surface area contributed by atoms with Crippen LogP contribution in [0.15, 0.2) is 53.0 Å². The number of likely N-dealkylation sites (N-methyl/N-ethyl adjacent to an activating group) is 1. The summed E-state index contributed by atoms with van der Waals surface area (Å²) in [6.45, 7) is 2.64. The van der Waals surface area contributed by atoms with Crippen LogP contribution in [-0.4, -0.2) is 23.8 Å². The van der Waals surface area contributed by atoms with Gasteiger partial charge in [0.2, 0.25) is 0 Å². The lowest BCUT2D eigenvalue weighted by molar-refractivity contribution is 0.0862. The standard InChI is InChI=1S/C17H17BrClNO/c1-12(17(21)14-5-7-15(18)8-6-14)20(2)11-13-3-9-16(19)10-4-13/h3-10,12H,11H2,1-2H3. The second kappa shape index (κ2) is 7.21. The molecule has 2 rings (SSSR count). The highest BCUT2D eigenvalue weighted by Crippen LogP contribution is 2.16. The Bertz CT molecular complexity index is 610. The van der Waals surface area contributed by atoms with E-state index in [1.54, 1.807) is 0 Å². The van der Waals surface area contributed by atoms with Gasteiger partial charge in [-0.1, -0.05) is 51.8 Å². The Hall–Kier alpha value is -1.16. The third-order valence-electron chi connectivity index (χ3n) is 3.51. The molecule has 1 atom stereocenters. The Kier molecular flexibility index (Phi) is 5.57. The van der Waals surface area contributed by atoms with Crippen LogP contribution in [0, 0.1) is 0 Å². The summed E-state index contributed by atoms with van der Waals surface area (Å²) in [6.07, 6.45) is 0. The van der Waals surface area contributed by atoms with Gasteiger partial charge in [-0.2, -0.15) is 0 Å². The highest BCUT2D eigenvalue weighted by atomic mass is 79.9. The molecule has 110 valence electrons. The van der Waals surface area contributed by atoms with E-state index in [9.17, 15) is 4.79 Å². The molecular formula is C17H17BrClNO. The number of benzene rings is 2. The van der Waals surface area contributed by atoms with Crippen LogP contribution < -0.4 is 0 Å². The largest absolute Gasteiger partial charge is 0.292 e. The van der Waals surface area contributed by atoms with Crippen molar-refractivity contribution < 1.29 is 4.79 Å². The molecule has 0 amide bonds. The first kappa shape index (κ1) is 16.2. The maximum absolute atomic E-state index is 12.5. The third kappa shape index (κ3) is 4.40. The molecule has 0 aliphatic carbocycles. The van der Waals surface area contributed by atoms with E-state index >= 15 is 0 Å². The van der Waals surface area contributed by atoms with Crippen LogP contribution in [0.1, 0.15) is 22.8 Å². The van der Waals surface area contributed by atoms with Crippen molar-refractivity contribution in [2.75, 3.05) is 7.05 Å². The normalized spacial score (nSPS) is 12.4. The first-order valence-electron chi connectivity index (χ1n) is 6.72. The van der Waals surface area contributed by atoms with Gasteiger partial charge in [0, 0.05) is 21.6 Å². The lowest BCUT2D eigenvalue weighted by Gasteiger charge is -2.23. The Morgan fingerprint density at radius 3 is 2.29 bits per heavy atom. The van der Waals surface area contributed by atoms with Crippen molar-refractivity contribution in [3.05, 3.63) is 69.2 Å². The summed E-state index contributed by atoms with van der Waals surface area (Å²) in [5.74, 6) is 0.124. The van der Waals surface area contributed by atoms with Crippen molar-refractivity contribution in [2.24, 2.45) is 0 Å². The first-order chi connectivity index (χ1) is 9.97. The van der Waals surface area contributed by atoms with Crippen molar-refractivity contribution in [3.63, 3.8) is 0 Å². The van der Waals surface area contributed by atoms with Gasteiger partial charge in [0.1, 0.15) is 0 Å². The molecule has 4 heteroatoms. The fraction of sp³-hybridized carbons (Fsp3) is 0.235. The molecule has 0 saturated carbocycles. The molecule has 0 fully saturated rings. The number of hydrogen-bond donors (Lipinski definition) is 0. The van der Waals surface area contributed by atoms with Crippen LogP contribution in [0.25, 0.3) is 0 Å². The zero-order valence-electron chi connectivity index (χ0n) is 12.0. The minimum absolute atomic E-state index is 0.124. The molecule has 0 N–H and O–H groups in total. The summed E-state index contributed by atoms with van der Waals surface area (Å²) >= 11 is 9.26. The summed E-state index contributed by atoms with van der Waals surface area (Å²) in [7, 11) is 1.95. The SMILES string of the molecule is CC(C(=O)c1ccc(Br)cc1)N(C)Cc1ccc(Cl)cc1. The molecule has 2 nitrogen and oxygen atoms in total. The van der Waals surface area contributed by atoms with Crippen molar-refractivity contribution in [1.82, 2.24) is 4.90 Å². The van der Waals surface area contributed by atoms with Crippen LogP contribution in [0.5, 0.6) is 0 Å². The molecule has 0 aliphatic heterocycles. The molecule has 2 aromatic carbocycles. The van der Waals surface area contributed by atoms with Gasteiger partial charge in [-0.15, -0.1) is 0 Å². The minimum atomic E-state index is -0.179. The van der Waals surface area contributed by atoms with Gasteiger partial charge < -0.3 is 0 Å². The Labute approximate surface area is 138 Å². The maximum Gasteiger partial charge on any atom is 0.179 e. The lowest BCUT2D eigenvalue weighted by atomic mass is 10.0. The maximum atomic E-state index is 12.5. The van der Waals surface area contributed by atoms with E-state index in [-0.39, 0.29) is 11.8 Å². The van der Waals surface area contributed by atoms with E-state index in [1.165, 1.54) is 0 Å². The molecule has 0 spiro atoms. The summed E-state index contributed by atoms with van der Waals surface area (Å²) in [5, 5.41) is 0.723. The Morgan fingerprint density at radius 1 is 1.14 bits per heavy atom. The van der Waals surface area contributed by atoms with E-state index in [4.69, 9.17) is 11.6 Å². The molecular weight excluding hydrogens is 350 g/mol. The molecule has 0 aliphatic rings. The molecule has 0 bridgehead atoms. The quantitative estimate of drug-likeness (QED) is 0.708. The third-order valence-corrected chi connectivity index (χ3v) is 4.30. The predicted molar refractivity (Wildman–Crippen MR) is 90.9 cm³/mol. The van der Waals surface area contributed by atoms with Crippen LogP contribution in [0.4, 0.5) is 0 Å². The van der Waals surface area contributed by atoms with Crippen LogP contribution in [0.2, 0.25) is 5.02 Å². The van der Waals surface area contributed by atoms with Gasteiger partial charge in [-0.25, -0.2) is 0 Å². The number of halogens is 2. The Morgan fingerprint density at radius 2 is 1.71 bits per heavy atom. The number of hydrogen-bond acceptors (Lipinski definition) is 2. The zero-order chi connectivity index (χ0) is 15.4. The number of rotatable bonds is 5. The summed E-state index contributed by atoms with van der Waals surface area (Å²) in [4.78, 5) is 14.5. The van der Waals surface area contributed by atoms with Gasteiger partial charge >= 0.3 is 0 Å². The second-order valence-electron chi connectivity index (χ2n) is 5.09. The van der Waals surface area contributed by atoms with Crippen LogP contribution in [-0.2, 0) is 6.54 Å². The van der Waals surface area contributed by atoms with Gasteiger partial charge in [-0.05, 0) is 43.8 Å². The number of Topliss-reactive ketones (excluding diaryl/α,β-unsaturated/α-hetero) is 1. The Balaban J connectivity index is 2.04. The topological polar surface area (TPSA) is 20.3 Å². The van der Waals surface area contributed by atoms with Crippen molar-refractivity contribution >= 4 is 33.3 Å². The van der Waals surface area contributed by atoms with E-state index in [2.05, 4.69) is 15.9 Å². The van der Waals surface area contributed by atoms with E-state index in [1.807, 2.05) is 67.4 Å². The van der Waals surface area contributed by atoms with Gasteiger partial charge in [0.15, 0.2) is 5.78 Å². The zero-order valence-corrected chi connectivity index (χ0v) is 14.4. The number of carbonyl (C=O) groups is 1. The summed E-state index contributed by atoms with van der Waals surface area (Å²) < 4.78 is 0.973. The van der Waals surface area contributed by atoms with E-state index in [0.29, 0.717) is 6.54 Å². The molecule has 0 aromatic heterocycles. The van der Waals surface area contributed by atoms with Gasteiger partial charge in [0.25, 0.3) is 0 Å². The van der Waals surface area contributed by atoms with Gasteiger partial charge in [-0.3, -0.25) is 9.69 Å². The van der Waals surface area contributed by atoms with Crippen molar-refractivity contribution in [2.45, 2.75) is 19.5 Å². The monoisotopic (exact) mass is 365 g/mol. The number of nitrogens with zero attached hydrogens (tertiary/aromatic N) is 1. The molecule has 21 heavy (non-hydrogen) atoms. The molecule has 0 radical (unpaired) electrons. The smallest absolute Gasteiger partial charge is 0.179 e. The molecule has 2 aromatic rings. The average molecular weight is 367 g/mol. The summed E-state index contributed by atoms with van der Waals surface area (Å²) in [5.41, 5.74) is 1.87. The van der Waals surface area contributed by atoms with E-state index in [0.717, 1.165) is 20.6 Å². The second-order valence-corrected chi connectivity index (χ2v) is 6.44. The van der Waals surface area contributed by atoms with E-state index < -0.39 is 0 Å². The molecule has 0 heterocycles. The highest BCUT2D eigenvalue weighted by Gasteiger charge is 2.19. The highest BCUT2D eigenvalue weighted by molar-refractivity contribution is 9.10. The van der Waals surface area contributed by atoms with Gasteiger partial charge in [0.05, 0.1) is 6.04 Å². The lowest BCUT2D eigenvalue weighted by Crippen LogP contribution is -2.35. The minimum Gasteiger partial charge on any atom is -0.292 e. The summed E-state index contributed by atoms with van der Waals surface area (Å²) in [6, 6.07) is 15.0. The fourth-order valence-electron chi connectivity index (χ4n) is 2.07. The first-order valence-corrected chi connectivity index (χ1v) is 7.89. The van der Waals surface area contributed by atoms with Crippen LogP contribution in [0.3, 0.4) is 0 Å². The predicted octanol–water partition coefficient (Wildman–Crippen LogP) is 4.81. The number of carbonyl (C=O) groups excluding carboxylic acids is 1. The fourth-order valence-corrected chi connectivity index (χ4v) is 2.46. The molecule has 0 saturated heterocycles. The van der Waals surface area contributed by atoms with Crippen molar-refractivity contribution in [3.8, 4) is 0 Å². The molecule has 1 unspecified atom stereocenters. The average Bonchev–Trinajstić information content (AvgIpc) is 2.49. The van der Waals surface area contributed by atoms with Crippen LogP contribution >= 0.6 is 27.5 Å².